The third-order valence-corrected chi connectivity index (χ3v) is 2.77. The van der Waals surface area contributed by atoms with Crippen molar-refractivity contribution in [2.75, 3.05) is 66.2 Å². The van der Waals surface area contributed by atoms with E-state index in [1.165, 1.54) is 0 Å². The van der Waals surface area contributed by atoms with E-state index in [0.717, 1.165) is 12.8 Å². The number of alkyl halides is 2. The Kier molecular flexibility index (Phi) is 33.3. The molecule has 0 aliphatic heterocycles. The van der Waals surface area contributed by atoms with Gasteiger partial charge in [-0.3, -0.25) is 0 Å². The molecule has 8 heteroatoms. The topological polar surface area (TPSA) is 36.9 Å². The molecule has 0 spiro atoms. The Morgan fingerprint density at radius 3 is 1.12 bits per heavy atom. The molecule has 0 aliphatic carbocycles. The first-order valence-electron chi connectivity index (χ1n) is 7.82. The second-order valence-electron chi connectivity index (χ2n) is 5.09. The normalized spacial score (nSPS) is 10.3. The van der Waals surface area contributed by atoms with Gasteiger partial charge in [-0.05, 0) is 12.8 Å². The van der Waals surface area contributed by atoms with Crippen molar-refractivity contribution < 1.29 is 36.9 Å². The molecule has 0 radical (unpaired) electrons. The summed E-state index contributed by atoms with van der Waals surface area (Å²) in [5, 5.41) is 0. The van der Waals surface area contributed by atoms with E-state index >= 15 is 0 Å². The zero-order valence-electron chi connectivity index (χ0n) is 14.1. The molecule has 0 heterocycles. The van der Waals surface area contributed by atoms with Crippen molar-refractivity contribution in [1.82, 2.24) is 0 Å². The van der Waals surface area contributed by atoms with Crippen LogP contribution in [-0.4, -0.2) is 66.2 Å². The molecule has 0 aromatic heterocycles. The van der Waals surface area contributed by atoms with Crippen molar-refractivity contribution in [1.29, 1.82) is 0 Å². The molecule has 4 nitrogen and oxygen atoms in total. The van der Waals surface area contributed by atoms with Crippen LogP contribution in [0, 0.1) is 5.41 Å². The minimum absolute atomic E-state index is 0. The lowest BCUT2D eigenvalue weighted by molar-refractivity contribution is -0.108. The molecule has 0 fully saturated rings. The molecular weight excluding hydrogens is 344 g/mol. The zero-order chi connectivity index (χ0) is 17.8. The van der Waals surface area contributed by atoms with Gasteiger partial charge in [-0.2, -0.15) is 0 Å². The van der Waals surface area contributed by atoms with Crippen molar-refractivity contribution in [2.24, 2.45) is 5.41 Å². The van der Waals surface area contributed by atoms with E-state index in [4.69, 9.17) is 28.1 Å². The molecule has 0 unspecified atom stereocenters. The monoisotopic (exact) mass is 382 g/mol. The second kappa shape index (κ2) is 25.8. The third kappa shape index (κ3) is 19.7. The summed E-state index contributed by atoms with van der Waals surface area (Å²) in [4.78, 5) is 0. The van der Waals surface area contributed by atoms with Gasteiger partial charge in [0.25, 0.3) is 0 Å². The summed E-state index contributed by atoms with van der Waals surface area (Å²) in [5.41, 5.74) is -0.519. The van der Waals surface area contributed by atoms with E-state index in [-0.39, 0.29) is 41.3 Å². The zero-order valence-corrected chi connectivity index (χ0v) is 14.1. The lowest BCUT2D eigenvalue weighted by Crippen LogP contribution is -2.42. The Bertz CT molecular complexity index is 179. The number of halogens is 4. The van der Waals surface area contributed by atoms with Crippen LogP contribution in [0.15, 0.2) is 0 Å². The fourth-order valence-electron chi connectivity index (χ4n) is 1.80. The van der Waals surface area contributed by atoms with Gasteiger partial charge in [-0.1, -0.05) is 28.7 Å². The number of rotatable bonds is 16. The standard InChI is InChI=1S/C15H30F2O4.2CH4.F2/c1-3-7-18-11-15(12-19-8-4-2,13-20-9-5-16)14-21-10-6-17;;;1-2/h3-14H2,1-2H3;2*1H4;. The molecule has 0 saturated heterocycles. The van der Waals surface area contributed by atoms with Crippen molar-refractivity contribution in [3.05, 3.63) is 0 Å². The highest BCUT2D eigenvalue weighted by Gasteiger charge is 2.32. The van der Waals surface area contributed by atoms with Crippen molar-refractivity contribution in [2.45, 2.75) is 41.5 Å². The maximum Gasteiger partial charge on any atom is 0.113 e. The molecule has 0 bridgehead atoms. The van der Waals surface area contributed by atoms with Crippen molar-refractivity contribution in [3.63, 3.8) is 0 Å². The average Bonchev–Trinajstić information content (AvgIpc) is 2.57. The molecule has 0 N–H and O–H groups in total. The summed E-state index contributed by atoms with van der Waals surface area (Å²) < 4.78 is 62.3. The van der Waals surface area contributed by atoms with E-state index in [1.54, 1.807) is 0 Å². The first-order chi connectivity index (χ1) is 11.2. The lowest BCUT2D eigenvalue weighted by Gasteiger charge is -2.32. The Labute approximate surface area is 151 Å². The lowest BCUT2D eigenvalue weighted by atomic mass is 9.92. The fourth-order valence-corrected chi connectivity index (χ4v) is 1.80. The van der Waals surface area contributed by atoms with Gasteiger partial charge in [0.1, 0.15) is 13.3 Å². The van der Waals surface area contributed by atoms with Crippen LogP contribution in [0.4, 0.5) is 17.9 Å². The van der Waals surface area contributed by atoms with E-state index < -0.39 is 18.8 Å². The quantitative estimate of drug-likeness (QED) is 0.281. The highest BCUT2D eigenvalue weighted by Crippen LogP contribution is 2.21. The Morgan fingerprint density at radius 2 is 0.880 bits per heavy atom. The van der Waals surface area contributed by atoms with Gasteiger partial charge in [-0.15, -0.1) is 0 Å². The SMILES string of the molecule is C.C.CCCOCC(COCCC)(COCCF)COCCF.FF. The number of hydrogen-bond donors (Lipinski definition) is 0. The van der Waals surface area contributed by atoms with Gasteiger partial charge in [-0.25, -0.2) is 8.78 Å². The van der Waals surface area contributed by atoms with Gasteiger partial charge in [0.15, 0.2) is 0 Å². The molecule has 0 aromatic rings. The van der Waals surface area contributed by atoms with E-state index in [2.05, 4.69) is 0 Å². The molecule has 0 aliphatic rings. The second-order valence-corrected chi connectivity index (χ2v) is 5.09. The van der Waals surface area contributed by atoms with Crippen molar-refractivity contribution >= 4 is 0 Å². The molecule has 0 aromatic carbocycles. The first kappa shape index (κ1) is 32.3. The summed E-state index contributed by atoms with van der Waals surface area (Å²) in [5.74, 6) is 0. The van der Waals surface area contributed by atoms with E-state index in [9.17, 15) is 8.78 Å². The number of hydrogen-bond acceptors (Lipinski definition) is 4. The first-order valence-corrected chi connectivity index (χ1v) is 7.82. The Morgan fingerprint density at radius 1 is 0.600 bits per heavy atom. The summed E-state index contributed by atoms with van der Waals surface area (Å²) in [6.45, 7) is 5.63. The fraction of sp³-hybridized carbons (Fsp3) is 1.00. The van der Waals surface area contributed by atoms with Gasteiger partial charge in [0.2, 0.25) is 0 Å². The maximum atomic E-state index is 12.2. The average molecular weight is 382 g/mol. The van der Waals surface area contributed by atoms with Gasteiger partial charge < -0.3 is 18.9 Å². The molecule has 0 amide bonds. The van der Waals surface area contributed by atoms with Crippen LogP contribution in [-0.2, 0) is 18.9 Å². The molecule has 25 heavy (non-hydrogen) atoms. The van der Waals surface area contributed by atoms with Gasteiger partial charge in [0, 0.05) is 22.4 Å². The largest absolute Gasteiger partial charge is 0.381 e. The van der Waals surface area contributed by atoms with Crippen LogP contribution in [0.2, 0.25) is 0 Å². The summed E-state index contributed by atoms with van der Waals surface area (Å²) >= 11 is 0. The predicted octanol–water partition coefficient (Wildman–Crippen LogP) is 4.91. The van der Waals surface area contributed by atoms with Crippen LogP contribution >= 0.6 is 0 Å². The maximum absolute atomic E-state index is 12.2. The smallest absolute Gasteiger partial charge is 0.113 e. The molecule has 0 saturated carbocycles. The van der Waals surface area contributed by atoms with Crippen molar-refractivity contribution in [3.8, 4) is 0 Å². The summed E-state index contributed by atoms with van der Waals surface area (Å²) in [6.07, 6.45) is 1.81. The van der Waals surface area contributed by atoms with Crippen LogP contribution in [0.1, 0.15) is 41.5 Å². The highest BCUT2D eigenvalue weighted by molar-refractivity contribution is 4.79. The minimum atomic E-state index is -0.535. The number of ether oxygens (including phenoxy) is 4. The summed E-state index contributed by atoms with van der Waals surface area (Å²) in [6, 6.07) is 0. The molecular formula is C17H38F4O4. The van der Waals surface area contributed by atoms with E-state index in [0.29, 0.717) is 26.4 Å². The predicted molar refractivity (Wildman–Crippen MR) is 93.9 cm³/mol. The van der Waals surface area contributed by atoms with Gasteiger partial charge in [0.05, 0.1) is 45.1 Å². The summed E-state index contributed by atoms with van der Waals surface area (Å²) in [7, 11) is 0. The molecule has 0 rings (SSSR count). The molecule has 158 valence electrons. The minimum Gasteiger partial charge on any atom is -0.381 e. The van der Waals surface area contributed by atoms with E-state index in [1.807, 2.05) is 13.8 Å². The van der Waals surface area contributed by atoms with Crippen LogP contribution in [0.3, 0.4) is 0 Å². The van der Waals surface area contributed by atoms with Crippen LogP contribution in [0.25, 0.3) is 0 Å². The third-order valence-electron chi connectivity index (χ3n) is 2.77. The van der Waals surface area contributed by atoms with Crippen LogP contribution < -0.4 is 0 Å². The Hall–Kier alpha value is -0.440. The van der Waals surface area contributed by atoms with Crippen LogP contribution in [0.5, 0.6) is 0 Å². The highest BCUT2D eigenvalue weighted by atomic mass is 20.0. The molecule has 0 atom stereocenters. The van der Waals surface area contributed by atoms with Gasteiger partial charge >= 0.3 is 0 Å². The Balaban J connectivity index is -0.000000530.